The van der Waals surface area contributed by atoms with Crippen LogP contribution in [0.25, 0.3) is 44.2 Å². The molecule has 344 valence electrons. The first kappa shape index (κ1) is 44.3. The third kappa shape index (κ3) is 8.41. The number of rotatable bonds is 12. The van der Waals surface area contributed by atoms with E-state index in [1.807, 2.05) is 61.3 Å². The SMILES string of the molecule is CC[C@H](C)[C@H](NC(=O)OC)C(=O)N1C[C@@H](C)CC1c1ncc(-c2ccc3c(c2)COc2cc4c(ccc5nc([C@@H]6CC(COC)CN6C(=O)[C@H](NC(=O)OC)c6ccccc6)[nH]c54)cc2-3)[nH]1. The summed E-state index contributed by atoms with van der Waals surface area (Å²) in [5.74, 6) is 1.94. The number of hydrogen-bond acceptors (Lipinski definition) is 10. The number of nitrogens with one attached hydrogen (secondary N) is 4. The fourth-order valence-corrected chi connectivity index (χ4v) is 9.94. The molecule has 0 bridgehead atoms. The van der Waals surface area contributed by atoms with Crippen molar-refractivity contribution in [1.82, 2.24) is 40.4 Å². The first-order valence-electron chi connectivity index (χ1n) is 22.6. The number of H-pyrrole nitrogens is 2. The lowest BCUT2D eigenvalue weighted by Gasteiger charge is -2.30. The smallest absolute Gasteiger partial charge is 0.407 e. The number of aromatic nitrogens is 4. The molecule has 16 heteroatoms. The third-order valence-electron chi connectivity index (χ3n) is 13.5. The molecule has 2 aromatic heterocycles. The van der Waals surface area contributed by atoms with Crippen molar-refractivity contribution >= 4 is 45.8 Å². The molecule has 5 heterocycles. The van der Waals surface area contributed by atoms with E-state index in [-0.39, 0.29) is 35.6 Å². The van der Waals surface area contributed by atoms with Gasteiger partial charge in [0.15, 0.2) is 0 Å². The first-order chi connectivity index (χ1) is 32.0. The van der Waals surface area contributed by atoms with Crippen molar-refractivity contribution < 1.29 is 38.1 Å². The zero-order valence-corrected chi connectivity index (χ0v) is 38.1. The number of benzene rings is 4. The van der Waals surface area contributed by atoms with Gasteiger partial charge in [0.25, 0.3) is 5.91 Å². The Morgan fingerprint density at radius 1 is 0.848 bits per heavy atom. The summed E-state index contributed by atoms with van der Waals surface area (Å²) in [4.78, 5) is 73.7. The van der Waals surface area contributed by atoms with Crippen LogP contribution in [0.3, 0.4) is 0 Å². The summed E-state index contributed by atoms with van der Waals surface area (Å²) in [6.45, 7) is 7.91. The second-order valence-electron chi connectivity index (χ2n) is 17.9. The van der Waals surface area contributed by atoms with Crippen LogP contribution in [0.15, 0.2) is 79.0 Å². The molecule has 4 N–H and O–H groups in total. The van der Waals surface area contributed by atoms with Crippen molar-refractivity contribution in [2.75, 3.05) is 41.0 Å². The average Bonchev–Trinajstić information content (AvgIpc) is 4.17. The fourth-order valence-electron chi connectivity index (χ4n) is 9.94. The molecule has 4 amide bonds. The number of carbonyl (C=O) groups excluding carboxylic acids is 4. The molecule has 66 heavy (non-hydrogen) atoms. The van der Waals surface area contributed by atoms with Crippen LogP contribution in [0.2, 0.25) is 0 Å². The highest BCUT2D eigenvalue weighted by molar-refractivity contribution is 6.07. The second-order valence-corrected chi connectivity index (χ2v) is 17.9. The second kappa shape index (κ2) is 18.5. The number of amides is 4. The number of fused-ring (bicyclic) bond motifs is 6. The summed E-state index contributed by atoms with van der Waals surface area (Å²) < 4.78 is 21.8. The van der Waals surface area contributed by atoms with Gasteiger partial charge in [0, 0.05) is 37.1 Å². The van der Waals surface area contributed by atoms with Crippen LogP contribution in [0.4, 0.5) is 9.59 Å². The van der Waals surface area contributed by atoms with Gasteiger partial charge in [-0.25, -0.2) is 19.6 Å². The van der Waals surface area contributed by atoms with Crippen molar-refractivity contribution in [2.45, 2.75) is 70.8 Å². The fraction of sp³-hybridized carbons (Fsp3) is 0.400. The summed E-state index contributed by atoms with van der Waals surface area (Å²) in [6, 6.07) is 21.4. The van der Waals surface area contributed by atoms with Gasteiger partial charge < -0.3 is 49.3 Å². The van der Waals surface area contributed by atoms with Crippen molar-refractivity contribution in [2.24, 2.45) is 17.8 Å². The van der Waals surface area contributed by atoms with Crippen LogP contribution in [-0.2, 0) is 30.4 Å². The van der Waals surface area contributed by atoms with Crippen molar-refractivity contribution in [3.63, 3.8) is 0 Å². The summed E-state index contributed by atoms with van der Waals surface area (Å²) >= 11 is 0. The van der Waals surface area contributed by atoms with Gasteiger partial charge in [-0.05, 0) is 76.6 Å². The molecule has 3 aliphatic rings. The number of carbonyl (C=O) groups is 4. The minimum Gasteiger partial charge on any atom is -0.488 e. The predicted octanol–water partition coefficient (Wildman–Crippen LogP) is 7.98. The monoisotopic (exact) mass is 896 g/mol. The van der Waals surface area contributed by atoms with Gasteiger partial charge in [0.1, 0.15) is 36.1 Å². The number of ether oxygens (including phenoxy) is 4. The highest BCUT2D eigenvalue weighted by atomic mass is 16.5. The molecule has 2 saturated heterocycles. The molecule has 6 aromatic rings. The Hall–Kier alpha value is -6.94. The molecular weight excluding hydrogens is 841 g/mol. The average molecular weight is 897 g/mol. The summed E-state index contributed by atoms with van der Waals surface area (Å²) in [5, 5.41) is 7.47. The van der Waals surface area contributed by atoms with Crippen LogP contribution in [0, 0.1) is 17.8 Å². The van der Waals surface area contributed by atoms with Crippen LogP contribution in [0.1, 0.15) is 80.9 Å². The minimum absolute atomic E-state index is 0.0579. The number of nitrogens with zero attached hydrogens (tertiary/aromatic N) is 4. The summed E-state index contributed by atoms with van der Waals surface area (Å²) in [7, 11) is 4.23. The van der Waals surface area contributed by atoms with E-state index in [0.29, 0.717) is 56.4 Å². The molecule has 16 nitrogen and oxygen atoms in total. The Bertz CT molecular complexity index is 2790. The molecule has 0 saturated carbocycles. The lowest BCUT2D eigenvalue weighted by atomic mass is 9.92. The highest BCUT2D eigenvalue weighted by Gasteiger charge is 2.42. The van der Waals surface area contributed by atoms with E-state index in [1.165, 1.54) is 14.2 Å². The van der Waals surface area contributed by atoms with E-state index in [2.05, 4.69) is 63.9 Å². The lowest BCUT2D eigenvalue weighted by Crippen LogP contribution is -2.51. The third-order valence-corrected chi connectivity index (χ3v) is 13.5. The highest BCUT2D eigenvalue weighted by Crippen LogP contribution is 2.44. The number of hydrogen-bond donors (Lipinski definition) is 4. The van der Waals surface area contributed by atoms with Crippen molar-refractivity contribution in [1.29, 1.82) is 0 Å². The van der Waals surface area contributed by atoms with Crippen molar-refractivity contribution in [3.05, 3.63) is 102 Å². The molecule has 7 atom stereocenters. The molecular formula is C50H56N8O8. The Balaban J connectivity index is 0.979. The van der Waals surface area contributed by atoms with Crippen LogP contribution in [-0.4, -0.2) is 101 Å². The van der Waals surface area contributed by atoms with Gasteiger partial charge in [0.05, 0.1) is 55.8 Å². The molecule has 3 aliphatic heterocycles. The lowest BCUT2D eigenvalue weighted by molar-refractivity contribution is -0.136. The van der Waals surface area contributed by atoms with Crippen LogP contribution >= 0.6 is 0 Å². The molecule has 2 unspecified atom stereocenters. The zero-order valence-electron chi connectivity index (χ0n) is 38.1. The van der Waals surface area contributed by atoms with Gasteiger partial charge >= 0.3 is 12.2 Å². The Labute approximate surface area is 382 Å². The number of likely N-dealkylation sites (tertiary alicyclic amines) is 2. The van der Waals surface area contributed by atoms with Crippen LogP contribution in [0.5, 0.6) is 5.75 Å². The molecule has 4 aromatic carbocycles. The van der Waals surface area contributed by atoms with Gasteiger partial charge in [-0.1, -0.05) is 75.7 Å². The summed E-state index contributed by atoms with van der Waals surface area (Å²) in [6.07, 6.45) is 2.58. The van der Waals surface area contributed by atoms with E-state index < -0.39 is 30.3 Å². The topological polar surface area (TPSA) is 193 Å². The van der Waals surface area contributed by atoms with E-state index in [1.54, 1.807) is 12.0 Å². The van der Waals surface area contributed by atoms with E-state index in [9.17, 15) is 19.2 Å². The molecule has 0 radical (unpaired) electrons. The van der Waals surface area contributed by atoms with Crippen LogP contribution < -0.4 is 15.4 Å². The number of alkyl carbamates (subject to hydrolysis) is 2. The molecule has 2 fully saturated rings. The normalized spacial score (nSPS) is 20.3. The van der Waals surface area contributed by atoms with E-state index in [4.69, 9.17) is 28.9 Å². The maximum atomic E-state index is 14.4. The Morgan fingerprint density at radius 2 is 1.61 bits per heavy atom. The van der Waals surface area contributed by atoms with Gasteiger partial charge in [-0.3, -0.25) is 9.59 Å². The van der Waals surface area contributed by atoms with Gasteiger partial charge in [-0.2, -0.15) is 0 Å². The number of methoxy groups -OCH3 is 3. The molecule has 0 aliphatic carbocycles. The Morgan fingerprint density at radius 3 is 2.36 bits per heavy atom. The molecule has 9 rings (SSSR count). The van der Waals surface area contributed by atoms with E-state index in [0.717, 1.165) is 61.9 Å². The largest absolute Gasteiger partial charge is 0.488 e. The Kier molecular flexibility index (Phi) is 12.4. The van der Waals surface area contributed by atoms with Crippen molar-refractivity contribution in [3.8, 4) is 28.1 Å². The zero-order chi connectivity index (χ0) is 46.2. The number of imidazole rings is 2. The standard InChI is InChI=1S/C50H56N8O8/c1-7-28(3)42(55-49(61)64-5)47(59)57-23-27(2)17-39(57)45-51-22-38(53-45)32-13-15-34-33(19-32)26-66-41-21-35-31(20-36(34)41)14-16-37-44(35)54-46(52-37)40-18-29(25-63-4)24-58(40)48(60)43(56-50(62)65-6)30-11-9-8-10-12-30/h8-16,19-22,27-29,39-40,42-43H,7,17-18,23-26H2,1-6H3,(H,51,53)(H,52,54)(H,55,61)(H,56,62)/t27-,28-,29?,39?,40-,42-,43+/m0/s1. The maximum absolute atomic E-state index is 14.4. The summed E-state index contributed by atoms with van der Waals surface area (Å²) in [5.41, 5.74) is 7.11. The van der Waals surface area contributed by atoms with Gasteiger partial charge in [-0.15, -0.1) is 0 Å². The predicted molar refractivity (Wildman–Crippen MR) is 247 cm³/mol. The first-order valence-corrected chi connectivity index (χ1v) is 22.6. The quantitative estimate of drug-likeness (QED) is 0.0936. The van der Waals surface area contributed by atoms with Gasteiger partial charge in [0.2, 0.25) is 5.91 Å². The minimum atomic E-state index is -0.956. The van der Waals surface area contributed by atoms with E-state index >= 15 is 0 Å². The maximum Gasteiger partial charge on any atom is 0.407 e. The number of aromatic amines is 2. The molecule has 0 spiro atoms.